The quantitative estimate of drug-likeness (QED) is 0.743. The summed E-state index contributed by atoms with van der Waals surface area (Å²) in [7, 11) is 0. The average molecular weight is 242 g/mol. The summed E-state index contributed by atoms with van der Waals surface area (Å²) in [5, 5.41) is 2.91. The minimum absolute atomic E-state index is 0.0299. The first-order valence-electron chi connectivity index (χ1n) is 6.75. The zero-order chi connectivity index (χ0) is 12.7. The van der Waals surface area contributed by atoms with Crippen molar-refractivity contribution in [2.24, 2.45) is 5.73 Å². The number of rotatable bonds is 6. The molecule has 0 bridgehead atoms. The fourth-order valence-electron chi connectivity index (χ4n) is 2.24. The maximum atomic E-state index is 11.6. The lowest BCUT2D eigenvalue weighted by Crippen LogP contribution is -2.45. The highest BCUT2D eigenvalue weighted by Crippen LogP contribution is 2.30. The second-order valence-corrected chi connectivity index (χ2v) is 5.11. The van der Waals surface area contributed by atoms with E-state index in [4.69, 9.17) is 10.5 Å². The van der Waals surface area contributed by atoms with Gasteiger partial charge in [-0.1, -0.05) is 26.2 Å². The van der Waals surface area contributed by atoms with Gasteiger partial charge in [0, 0.05) is 12.6 Å². The van der Waals surface area contributed by atoms with Gasteiger partial charge in [0.05, 0.1) is 5.60 Å². The van der Waals surface area contributed by atoms with Crippen LogP contribution in [-0.2, 0) is 9.53 Å². The van der Waals surface area contributed by atoms with Crippen LogP contribution in [0, 0.1) is 0 Å². The molecule has 1 rings (SSSR count). The Morgan fingerprint density at radius 1 is 1.41 bits per heavy atom. The molecule has 0 aromatic rings. The average Bonchev–Trinajstić information content (AvgIpc) is 2.37. The third-order valence-corrected chi connectivity index (χ3v) is 3.67. The normalized spacial score (nSPS) is 20.9. The maximum Gasteiger partial charge on any atom is 0.246 e. The third kappa shape index (κ3) is 4.64. The molecule has 1 unspecified atom stereocenters. The van der Waals surface area contributed by atoms with Gasteiger partial charge >= 0.3 is 0 Å². The van der Waals surface area contributed by atoms with E-state index < -0.39 is 0 Å². The van der Waals surface area contributed by atoms with Gasteiger partial charge in [-0.25, -0.2) is 0 Å². The molecule has 0 radical (unpaired) electrons. The summed E-state index contributed by atoms with van der Waals surface area (Å²) in [6.45, 7) is 4.71. The van der Waals surface area contributed by atoms with E-state index in [0.29, 0.717) is 6.54 Å². The summed E-state index contributed by atoms with van der Waals surface area (Å²) < 4.78 is 5.79. The number of carbonyl (C=O) groups is 1. The minimum Gasteiger partial charge on any atom is -0.364 e. The molecule has 1 fully saturated rings. The predicted molar refractivity (Wildman–Crippen MR) is 68.7 cm³/mol. The molecule has 1 aliphatic carbocycles. The summed E-state index contributed by atoms with van der Waals surface area (Å²) >= 11 is 0. The van der Waals surface area contributed by atoms with Gasteiger partial charge < -0.3 is 15.8 Å². The van der Waals surface area contributed by atoms with Crippen molar-refractivity contribution in [2.45, 2.75) is 64.0 Å². The molecule has 3 N–H and O–H groups in total. The molecule has 0 spiro atoms. The van der Waals surface area contributed by atoms with E-state index in [1.165, 1.54) is 6.42 Å². The van der Waals surface area contributed by atoms with Gasteiger partial charge in [0.2, 0.25) is 5.91 Å². The number of ether oxygens (including phenoxy) is 1. The van der Waals surface area contributed by atoms with Gasteiger partial charge in [-0.2, -0.15) is 0 Å². The SMILES string of the molecule is CCC(C)NC(=O)COC1(CN)CCCCC1. The van der Waals surface area contributed by atoms with Crippen LogP contribution in [0.15, 0.2) is 0 Å². The highest BCUT2D eigenvalue weighted by molar-refractivity contribution is 5.77. The Balaban J connectivity index is 2.34. The Morgan fingerprint density at radius 3 is 2.59 bits per heavy atom. The fourth-order valence-corrected chi connectivity index (χ4v) is 2.24. The number of hydrogen-bond donors (Lipinski definition) is 2. The van der Waals surface area contributed by atoms with Crippen molar-refractivity contribution in [3.05, 3.63) is 0 Å². The van der Waals surface area contributed by atoms with Crippen LogP contribution in [0.3, 0.4) is 0 Å². The first-order valence-corrected chi connectivity index (χ1v) is 6.75. The Labute approximate surface area is 104 Å². The Kier molecular flexibility index (Phi) is 5.92. The maximum absolute atomic E-state index is 11.6. The lowest BCUT2D eigenvalue weighted by Gasteiger charge is -2.36. The molecular weight excluding hydrogens is 216 g/mol. The number of nitrogens with one attached hydrogen (secondary N) is 1. The Bertz CT molecular complexity index is 238. The van der Waals surface area contributed by atoms with Gasteiger partial charge in [0.1, 0.15) is 6.61 Å². The van der Waals surface area contributed by atoms with Crippen LogP contribution < -0.4 is 11.1 Å². The molecule has 1 amide bonds. The topological polar surface area (TPSA) is 64.3 Å². The smallest absolute Gasteiger partial charge is 0.246 e. The van der Waals surface area contributed by atoms with Crippen LogP contribution >= 0.6 is 0 Å². The fraction of sp³-hybridized carbons (Fsp3) is 0.923. The van der Waals surface area contributed by atoms with Gasteiger partial charge in [-0.3, -0.25) is 4.79 Å². The molecule has 4 heteroatoms. The molecule has 0 aromatic carbocycles. The molecule has 1 atom stereocenters. The van der Waals surface area contributed by atoms with Crippen molar-refractivity contribution >= 4 is 5.91 Å². The van der Waals surface area contributed by atoms with Crippen molar-refractivity contribution in [3.63, 3.8) is 0 Å². The largest absolute Gasteiger partial charge is 0.364 e. The van der Waals surface area contributed by atoms with Gasteiger partial charge in [-0.05, 0) is 26.2 Å². The lowest BCUT2D eigenvalue weighted by atomic mass is 9.85. The molecule has 0 aromatic heterocycles. The highest BCUT2D eigenvalue weighted by Gasteiger charge is 2.32. The number of hydrogen-bond acceptors (Lipinski definition) is 3. The molecular formula is C13H26N2O2. The molecule has 4 nitrogen and oxygen atoms in total. The van der Waals surface area contributed by atoms with Gasteiger partial charge in [-0.15, -0.1) is 0 Å². The zero-order valence-corrected chi connectivity index (χ0v) is 11.1. The molecule has 1 saturated carbocycles. The van der Waals surface area contributed by atoms with E-state index in [9.17, 15) is 4.79 Å². The van der Waals surface area contributed by atoms with E-state index in [2.05, 4.69) is 5.32 Å². The molecule has 17 heavy (non-hydrogen) atoms. The standard InChI is InChI=1S/C13H26N2O2/c1-3-11(2)15-12(16)9-17-13(10-14)7-5-4-6-8-13/h11H,3-10,14H2,1-2H3,(H,15,16). The molecule has 0 heterocycles. The summed E-state index contributed by atoms with van der Waals surface area (Å²) in [5.41, 5.74) is 5.55. The van der Waals surface area contributed by atoms with Crippen LogP contribution in [0.25, 0.3) is 0 Å². The number of carbonyl (C=O) groups excluding carboxylic acids is 1. The van der Waals surface area contributed by atoms with E-state index in [0.717, 1.165) is 32.1 Å². The Morgan fingerprint density at radius 2 is 2.06 bits per heavy atom. The summed E-state index contributed by atoms with van der Waals surface area (Å²) in [4.78, 5) is 11.6. The van der Waals surface area contributed by atoms with Crippen LogP contribution in [0.5, 0.6) is 0 Å². The lowest BCUT2D eigenvalue weighted by molar-refractivity contribution is -0.135. The second-order valence-electron chi connectivity index (χ2n) is 5.11. The summed E-state index contributed by atoms with van der Waals surface area (Å²) in [6, 6.07) is 0.214. The third-order valence-electron chi connectivity index (χ3n) is 3.67. The van der Waals surface area contributed by atoms with Crippen molar-refractivity contribution < 1.29 is 9.53 Å². The summed E-state index contributed by atoms with van der Waals surface area (Å²) in [5.74, 6) is -0.0299. The number of amides is 1. The molecule has 0 saturated heterocycles. The van der Waals surface area contributed by atoms with Gasteiger partial charge in [0.15, 0.2) is 0 Å². The Hall–Kier alpha value is -0.610. The monoisotopic (exact) mass is 242 g/mol. The van der Waals surface area contributed by atoms with E-state index in [1.807, 2.05) is 13.8 Å². The van der Waals surface area contributed by atoms with Crippen LogP contribution in [0.4, 0.5) is 0 Å². The van der Waals surface area contributed by atoms with Crippen molar-refractivity contribution in [3.8, 4) is 0 Å². The van der Waals surface area contributed by atoms with E-state index in [1.54, 1.807) is 0 Å². The van der Waals surface area contributed by atoms with Crippen molar-refractivity contribution in [2.75, 3.05) is 13.2 Å². The molecule has 100 valence electrons. The summed E-state index contributed by atoms with van der Waals surface area (Å²) in [6.07, 6.45) is 6.48. The van der Waals surface area contributed by atoms with E-state index in [-0.39, 0.29) is 24.2 Å². The van der Waals surface area contributed by atoms with Crippen LogP contribution in [0.1, 0.15) is 52.4 Å². The van der Waals surface area contributed by atoms with E-state index >= 15 is 0 Å². The molecule has 0 aliphatic heterocycles. The van der Waals surface area contributed by atoms with Gasteiger partial charge in [0.25, 0.3) is 0 Å². The predicted octanol–water partition coefficient (Wildman–Crippen LogP) is 1.58. The minimum atomic E-state index is -0.245. The van der Waals surface area contributed by atoms with Crippen LogP contribution in [-0.4, -0.2) is 30.7 Å². The van der Waals surface area contributed by atoms with Crippen molar-refractivity contribution in [1.29, 1.82) is 0 Å². The first kappa shape index (κ1) is 14.5. The van der Waals surface area contributed by atoms with Crippen LogP contribution in [0.2, 0.25) is 0 Å². The highest BCUT2D eigenvalue weighted by atomic mass is 16.5. The zero-order valence-electron chi connectivity index (χ0n) is 11.1. The first-order chi connectivity index (χ1) is 8.12. The van der Waals surface area contributed by atoms with Crippen molar-refractivity contribution in [1.82, 2.24) is 5.32 Å². The number of nitrogens with two attached hydrogens (primary N) is 1. The second kappa shape index (κ2) is 6.97. The molecule has 1 aliphatic rings.